The second-order valence-corrected chi connectivity index (χ2v) is 7.79. The van der Waals surface area contributed by atoms with Crippen molar-refractivity contribution < 1.29 is 4.74 Å². The molecule has 3 heterocycles. The first-order valence-corrected chi connectivity index (χ1v) is 11.1. The predicted molar refractivity (Wildman–Crippen MR) is 121 cm³/mol. The lowest BCUT2D eigenvalue weighted by molar-refractivity contribution is 0.309. The topological polar surface area (TPSA) is 78.8 Å². The van der Waals surface area contributed by atoms with E-state index in [2.05, 4.69) is 37.2 Å². The molecule has 0 amide bonds. The van der Waals surface area contributed by atoms with Crippen LogP contribution in [-0.2, 0) is 0 Å². The molecule has 2 aliphatic heterocycles. The number of aromatic nitrogens is 3. The minimum Gasteiger partial charge on any atom is -0.494 e. The molecule has 30 heavy (non-hydrogen) atoms. The first kappa shape index (κ1) is 20.4. The molecule has 4 rings (SSSR count). The van der Waals surface area contributed by atoms with Crippen molar-refractivity contribution in [2.45, 2.75) is 45.4 Å². The molecule has 2 saturated heterocycles. The maximum atomic E-state index is 5.70. The molecule has 0 radical (unpaired) electrons. The fraction of sp³-hybridized carbons (Fsp3) is 0.545. The van der Waals surface area contributed by atoms with Crippen LogP contribution in [0.2, 0.25) is 0 Å². The van der Waals surface area contributed by atoms with Gasteiger partial charge in [-0.25, -0.2) is 5.43 Å². The van der Waals surface area contributed by atoms with E-state index in [-0.39, 0.29) is 0 Å². The van der Waals surface area contributed by atoms with Crippen molar-refractivity contribution in [2.75, 3.05) is 48.0 Å². The second kappa shape index (κ2) is 10.2. The third-order valence-corrected chi connectivity index (χ3v) is 5.41. The summed E-state index contributed by atoms with van der Waals surface area (Å²) >= 11 is 0. The number of nitrogens with one attached hydrogen (secondary N) is 1. The van der Waals surface area contributed by atoms with E-state index < -0.39 is 0 Å². The van der Waals surface area contributed by atoms with Crippen LogP contribution in [0.4, 0.5) is 17.8 Å². The average Bonchev–Trinajstić information content (AvgIpc) is 3.49. The van der Waals surface area contributed by atoms with E-state index in [1.165, 1.54) is 25.7 Å². The summed E-state index contributed by atoms with van der Waals surface area (Å²) in [6.45, 7) is 6.91. The van der Waals surface area contributed by atoms with Gasteiger partial charge in [0.2, 0.25) is 17.8 Å². The predicted octanol–water partition coefficient (Wildman–Crippen LogP) is 3.70. The van der Waals surface area contributed by atoms with E-state index in [1.54, 1.807) is 6.21 Å². The van der Waals surface area contributed by atoms with Crippen molar-refractivity contribution in [3.8, 4) is 5.75 Å². The van der Waals surface area contributed by atoms with Crippen LogP contribution >= 0.6 is 0 Å². The van der Waals surface area contributed by atoms with E-state index in [4.69, 9.17) is 9.72 Å². The van der Waals surface area contributed by atoms with Crippen LogP contribution in [0.1, 0.15) is 51.0 Å². The van der Waals surface area contributed by atoms with Gasteiger partial charge in [-0.3, -0.25) is 0 Å². The summed E-state index contributed by atoms with van der Waals surface area (Å²) in [6, 6.07) is 7.92. The number of rotatable bonds is 9. The van der Waals surface area contributed by atoms with Gasteiger partial charge in [-0.2, -0.15) is 20.1 Å². The number of hydrazone groups is 1. The Morgan fingerprint density at radius 1 is 0.933 bits per heavy atom. The van der Waals surface area contributed by atoms with Gasteiger partial charge in [0.15, 0.2) is 0 Å². The summed E-state index contributed by atoms with van der Waals surface area (Å²) in [5.74, 6) is 2.87. The summed E-state index contributed by atoms with van der Waals surface area (Å²) in [4.78, 5) is 18.4. The molecular formula is C22H31N7O. The van der Waals surface area contributed by atoms with Crippen LogP contribution in [0.5, 0.6) is 5.75 Å². The third-order valence-electron chi connectivity index (χ3n) is 5.41. The Morgan fingerprint density at radius 3 is 2.10 bits per heavy atom. The number of anilines is 3. The van der Waals surface area contributed by atoms with Crippen LogP contribution in [0.3, 0.4) is 0 Å². The summed E-state index contributed by atoms with van der Waals surface area (Å²) < 4.78 is 5.70. The SMILES string of the molecule is CCCCOc1ccc(/C=N/Nc2nc(N3CCCC3)nc(N3CCCC3)n2)cc1. The summed E-state index contributed by atoms with van der Waals surface area (Å²) in [5, 5.41) is 4.35. The Labute approximate surface area is 178 Å². The van der Waals surface area contributed by atoms with E-state index in [0.717, 1.165) is 68.8 Å². The van der Waals surface area contributed by atoms with Crippen LogP contribution in [0.25, 0.3) is 0 Å². The zero-order valence-electron chi connectivity index (χ0n) is 17.8. The molecule has 2 fully saturated rings. The second-order valence-electron chi connectivity index (χ2n) is 7.79. The van der Waals surface area contributed by atoms with Gasteiger partial charge in [-0.05, 0) is 61.9 Å². The highest BCUT2D eigenvalue weighted by molar-refractivity contribution is 5.80. The first-order chi connectivity index (χ1) is 14.8. The molecule has 1 aromatic carbocycles. The minimum atomic E-state index is 0.490. The van der Waals surface area contributed by atoms with Crippen molar-refractivity contribution in [1.29, 1.82) is 0 Å². The van der Waals surface area contributed by atoms with Crippen molar-refractivity contribution in [2.24, 2.45) is 5.10 Å². The number of benzene rings is 1. The molecule has 160 valence electrons. The fourth-order valence-corrected chi connectivity index (χ4v) is 3.67. The van der Waals surface area contributed by atoms with Crippen molar-refractivity contribution >= 4 is 24.1 Å². The fourth-order valence-electron chi connectivity index (χ4n) is 3.67. The number of ether oxygens (including phenoxy) is 1. The van der Waals surface area contributed by atoms with E-state index in [9.17, 15) is 0 Å². The monoisotopic (exact) mass is 409 g/mol. The smallest absolute Gasteiger partial charge is 0.250 e. The van der Waals surface area contributed by atoms with Crippen LogP contribution in [-0.4, -0.2) is 54.0 Å². The lowest BCUT2D eigenvalue weighted by atomic mass is 10.2. The van der Waals surface area contributed by atoms with Gasteiger partial charge >= 0.3 is 0 Å². The molecule has 8 nitrogen and oxygen atoms in total. The molecule has 0 saturated carbocycles. The average molecular weight is 410 g/mol. The molecule has 0 aliphatic carbocycles. The standard InChI is InChI=1S/C22H31N7O/c1-2-3-16-30-19-10-8-18(9-11-19)17-23-27-20-24-21(28-12-4-5-13-28)26-22(25-20)29-14-6-7-15-29/h8-11,17H,2-7,12-16H2,1H3,(H,24,25,26,27)/b23-17+. The first-order valence-electron chi connectivity index (χ1n) is 11.1. The molecule has 0 bridgehead atoms. The lowest BCUT2D eigenvalue weighted by Gasteiger charge is -2.20. The molecule has 2 aliphatic rings. The molecule has 1 N–H and O–H groups in total. The Kier molecular flexibility index (Phi) is 6.95. The molecular weight excluding hydrogens is 378 g/mol. The number of hydrogen-bond donors (Lipinski definition) is 1. The van der Waals surface area contributed by atoms with Crippen molar-refractivity contribution in [3.05, 3.63) is 29.8 Å². The van der Waals surface area contributed by atoms with Gasteiger partial charge < -0.3 is 14.5 Å². The third kappa shape index (κ3) is 5.37. The van der Waals surface area contributed by atoms with Crippen LogP contribution in [0.15, 0.2) is 29.4 Å². The van der Waals surface area contributed by atoms with E-state index in [1.807, 2.05) is 24.3 Å². The number of hydrogen-bond acceptors (Lipinski definition) is 8. The lowest BCUT2D eigenvalue weighted by Crippen LogP contribution is -2.25. The molecule has 8 heteroatoms. The maximum absolute atomic E-state index is 5.70. The molecule has 1 aromatic heterocycles. The van der Waals surface area contributed by atoms with Crippen LogP contribution < -0.4 is 20.0 Å². The maximum Gasteiger partial charge on any atom is 0.250 e. The molecule has 0 unspecified atom stereocenters. The van der Waals surface area contributed by atoms with Crippen molar-refractivity contribution in [1.82, 2.24) is 15.0 Å². The van der Waals surface area contributed by atoms with Gasteiger partial charge in [0.05, 0.1) is 12.8 Å². The van der Waals surface area contributed by atoms with Gasteiger partial charge in [-0.15, -0.1) is 0 Å². The van der Waals surface area contributed by atoms with E-state index in [0.29, 0.717) is 5.95 Å². The van der Waals surface area contributed by atoms with Crippen molar-refractivity contribution in [3.63, 3.8) is 0 Å². The quantitative estimate of drug-likeness (QED) is 0.384. The van der Waals surface area contributed by atoms with Gasteiger partial charge in [0, 0.05) is 26.2 Å². The largest absolute Gasteiger partial charge is 0.494 e. The minimum absolute atomic E-state index is 0.490. The highest BCUT2D eigenvalue weighted by Crippen LogP contribution is 2.22. The number of unbranched alkanes of at least 4 members (excludes halogenated alkanes) is 1. The zero-order valence-corrected chi connectivity index (χ0v) is 17.8. The highest BCUT2D eigenvalue weighted by atomic mass is 16.5. The zero-order chi connectivity index (χ0) is 20.6. The summed E-state index contributed by atoms with van der Waals surface area (Å²) in [7, 11) is 0. The summed E-state index contributed by atoms with van der Waals surface area (Å²) in [6.07, 6.45) is 8.70. The van der Waals surface area contributed by atoms with E-state index >= 15 is 0 Å². The number of nitrogens with zero attached hydrogens (tertiary/aromatic N) is 6. The molecule has 0 atom stereocenters. The van der Waals surface area contributed by atoms with Gasteiger partial charge in [-0.1, -0.05) is 13.3 Å². The summed E-state index contributed by atoms with van der Waals surface area (Å²) in [5.41, 5.74) is 3.99. The Morgan fingerprint density at radius 2 is 1.53 bits per heavy atom. The van der Waals surface area contributed by atoms with Gasteiger partial charge in [0.25, 0.3) is 0 Å². The Bertz CT molecular complexity index is 794. The van der Waals surface area contributed by atoms with Gasteiger partial charge in [0.1, 0.15) is 5.75 Å². The Balaban J connectivity index is 1.42. The molecule has 0 spiro atoms. The molecule has 2 aromatic rings. The normalized spacial score (nSPS) is 16.6. The Hall–Kier alpha value is -2.90. The highest BCUT2D eigenvalue weighted by Gasteiger charge is 2.21. The van der Waals surface area contributed by atoms with Crippen LogP contribution in [0, 0.1) is 0 Å².